The van der Waals surface area contributed by atoms with Gasteiger partial charge in [0, 0.05) is 0 Å². The van der Waals surface area contributed by atoms with Crippen molar-refractivity contribution in [2.45, 2.75) is 32.2 Å². The van der Waals surface area contributed by atoms with Gasteiger partial charge in [-0.25, -0.2) is 0 Å². The van der Waals surface area contributed by atoms with Crippen molar-refractivity contribution in [1.82, 2.24) is 5.32 Å². The lowest BCUT2D eigenvalue weighted by Crippen LogP contribution is -2.33. The van der Waals surface area contributed by atoms with Gasteiger partial charge in [-0.15, -0.1) is 0 Å². The first kappa shape index (κ1) is 18.8. The number of hydrogen-bond donors (Lipinski definition) is 1. The minimum Gasteiger partial charge on any atom is -0.483 e. The molecule has 0 saturated carbocycles. The van der Waals surface area contributed by atoms with Crippen LogP contribution in [0.4, 0.5) is 0 Å². The Labute approximate surface area is 160 Å². The van der Waals surface area contributed by atoms with Gasteiger partial charge in [-0.2, -0.15) is 0 Å². The molecule has 0 aliphatic heterocycles. The average Bonchev–Trinajstić information content (AvgIpc) is 3.25. The Morgan fingerprint density at radius 1 is 1.04 bits per heavy atom. The van der Waals surface area contributed by atoms with Gasteiger partial charge in [-0.3, -0.25) is 4.79 Å². The van der Waals surface area contributed by atoms with Crippen molar-refractivity contribution in [3.05, 3.63) is 89.9 Å². The molecule has 0 saturated heterocycles. The summed E-state index contributed by atoms with van der Waals surface area (Å²) in [4.78, 5) is 12.6. The summed E-state index contributed by atoms with van der Waals surface area (Å²) in [6, 6.07) is 21.0. The van der Waals surface area contributed by atoms with E-state index < -0.39 is 0 Å². The van der Waals surface area contributed by atoms with E-state index >= 15 is 0 Å². The maximum Gasteiger partial charge on any atom is 0.258 e. The van der Waals surface area contributed by atoms with Crippen molar-refractivity contribution in [2.75, 3.05) is 6.61 Å². The van der Waals surface area contributed by atoms with E-state index in [9.17, 15) is 4.79 Å². The monoisotopic (exact) mass is 363 g/mol. The highest BCUT2D eigenvalue weighted by molar-refractivity contribution is 5.78. The molecule has 0 fully saturated rings. The molecule has 2 atom stereocenters. The van der Waals surface area contributed by atoms with Crippen LogP contribution in [0.2, 0.25) is 0 Å². The minimum atomic E-state index is -0.345. The molecule has 1 aromatic heterocycles. The summed E-state index contributed by atoms with van der Waals surface area (Å²) in [7, 11) is 0. The number of carbonyl (C=O) groups is 1. The Bertz CT molecular complexity index is 843. The van der Waals surface area contributed by atoms with Gasteiger partial charge in [0.2, 0.25) is 0 Å². The lowest BCUT2D eigenvalue weighted by atomic mass is 9.98. The van der Waals surface area contributed by atoms with Gasteiger partial charge in [0.1, 0.15) is 17.6 Å². The molecule has 1 amide bonds. The molecule has 3 rings (SSSR count). The maximum atomic E-state index is 12.6. The number of para-hydroxylation sites is 1. The van der Waals surface area contributed by atoms with Crippen molar-refractivity contribution in [1.29, 1.82) is 0 Å². The zero-order valence-electron chi connectivity index (χ0n) is 15.7. The second-order valence-corrected chi connectivity index (χ2v) is 6.56. The molecule has 27 heavy (non-hydrogen) atoms. The molecule has 1 N–H and O–H groups in total. The molecule has 2 aromatic carbocycles. The molecular formula is C23H25NO3. The third kappa shape index (κ3) is 4.79. The van der Waals surface area contributed by atoms with Gasteiger partial charge in [0.25, 0.3) is 5.91 Å². The third-order valence-electron chi connectivity index (χ3n) is 4.69. The summed E-state index contributed by atoms with van der Waals surface area (Å²) in [6.07, 6.45) is 2.62. The van der Waals surface area contributed by atoms with E-state index in [4.69, 9.17) is 9.15 Å². The first-order valence-corrected chi connectivity index (χ1v) is 9.28. The smallest absolute Gasteiger partial charge is 0.258 e. The van der Waals surface area contributed by atoms with Crippen LogP contribution in [0, 0.1) is 0 Å². The SMILES string of the molecule is CCC(C)c1ccccc1OCC(=O)NC(c1ccccc1)c1ccco1. The summed E-state index contributed by atoms with van der Waals surface area (Å²) < 4.78 is 11.4. The topological polar surface area (TPSA) is 51.5 Å². The predicted octanol–water partition coefficient (Wildman–Crippen LogP) is 5.08. The largest absolute Gasteiger partial charge is 0.483 e. The number of rotatable bonds is 8. The van der Waals surface area contributed by atoms with E-state index in [1.54, 1.807) is 6.26 Å². The standard InChI is InChI=1S/C23H25NO3/c1-3-17(2)19-12-7-8-13-20(19)27-16-22(25)24-23(21-14-9-15-26-21)18-10-5-4-6-11-18/h4-15,17,23H,3,16H2,1-2H3,(H,24,25). The zero-order chi connectivity index (χ0) is 19.1. The number of furan rings is 1. The predicted molar refractivity (Wildman–Crippen MR) is 106 cm³/mol. The molecule has 0 bridgehead atoms. The van der Waals surface area contributed by atoms with E-state index in [1.165, 1.54) is 0 Å². The fraction of sp³-hybridized carbons (Fsp3) is 0.261. The fourth-order valence-corrected chi connectivity index (χ4v) is 3.00. The molecule has 1 heterocycles. The van der Waals surface area contributed by atoms with Gasteiger partial charge >= 0.3 is 0 Å². The molecule has 4 nitrogen and oxygen atoms in total. The van der Waals surface area contributed by atoms with Crippen LogP contribution in [-0.4, -0.2) is 12.5 Å². The second-order valence-electron chi connectivity index (χ2n) is 6.56. The fourth-order valence-electron chi connectivity index (χ4n) is 3.00. The normalized spacial score (nSPS) is 13.0. The summed E-state index contributed by atoms with van der Waals surface area (Å²) in [5, 5.41) is 3.01. The van der Waals surface area contributed by atoms with Crippen LogP contribution in [0.3, 0.4) is 0 Å². The highest BCUT2D eigenvalue weighted by Gasteiger charge is 2.20. The van der Waals surface area contributed by atoms with Crippen LogP contribution >= 0.6 is 0 Å². The number of carbonyl (C=O) groups excluding carboxylic acids is 1. The molecule has 0 aliphatic carbocycles. The Morgan fingerprint density at radius 3 is 2.48 bits per heavy atom. The molecule has 0 spiro atoms. The number of ether oxygens (including phenoxy) is 1. The average molecular weight is 363 g/mol. The van der Waals surface area contributed by atoms with E-state index in [2.05, 4.69) is 25.2 Å². The molecule has 4 heteroatoms. The van der Waals surface area contributed by atoms with E-state index in [0.29, 0.717) is 11.7 Å². The zero-order valence-corrected chi connectivity index (χ0v) is 15.7. The Hall–Kier alpha value is -3.01. The second kappa shape index (κ2) is 9.08. The summed E-state index contributed by atoms with van der Waals surface area (Å²) in [5.74, 6) is 1.63. The van der Waals surface area contributed by atoms with E-state index in [1.807, 2.05) is 60.7 Å². The summed E-state index contributed by atoms with van der Waals surface area (Å²) >= 11 is 0. The van der Waals surface area contributed by atoms with Crippen molar-refractivity contribution in [3.63, 3.8) is 0 Å². The summed E-state index contributed by atoms with van der Waals surface area (Å²) in [6.45, 7) is 4.25. The maximum absolute atomic E-state index is 12.6. The van der Waals surface area contributed by atoms with Crippen LogP contribution in [0.1, 0.15) is 49.1 Å². The minimum absolute atomic E-state index is 0.0442. The van der Waals surface area contributed by atoms with Crippen molar-refractivity contribution in [2.24, 2.45) is 0 Å². The van der Waals surface area contributed by atoms with Gasteiger partial charge in [0.05, 0.1) is 6.26 Å². The van der Waals surface area contributed by atoms with Crippen LogP contribution < -0.4 is 10.1 Å². The van der Waals surface area contributed by atoms with Crippen molar-refractivity contribution >= 4 is 5.91 Å². The van der Waals surface area contributed by atoms with Crippen LogP contribution in [0.25, 0.3) is 0 Å². The van der Waals surface area contributed by atoms with Crippen molar-refractivity contribution < 1.29 is 13.9 Å². The lowest BCUT2D eigenvalue weighted by molar-refractivity contribution is -0.123. The van der Waals surface area contributed by atoms with Crippen molar-refractivity contribution in [3.8, 4) is 5.75 Å². The van der Waals surface area contributed by atoms with Gasteiger partial charge < -0.3 is 14.5 Å². The molecule has 2 unspecified atom stereocenters. The third-order valence-corrected chi connectivity index (χ3v) is 4.69. The molecule has 0 radical (unpaired) electrons. The Balaban J connectivity index is 1.69. The highest BCUT2D eigenvalue weighted by atomic mass is 16.5. The molecule has 0 aliphatic rings. The summed E-state index contributed by atoms with van der Waals surface area (Å²) in [5.41, 5.74) is 2.08. The molecule has 140 valence electrons. The van der Waals surface area contributed by atoms with Gasteiger partial charge in [0.15, 0.2) is 6.61 Å². The first-order chi connectivity index (χ1) is 13.2. The van der Waals surface area contributed by atoms with E-state index in [0.717, 1.165) is 23.3 Å². The number of amides is 1. The first-order valence-electron chi connectivity index (χ1n) is 9.28. The van der Waals surface area contributed by atoms with Gasteiger partial charge in [-0.05, 0) is 41.7 Å². The van der Waals surface area contributed by atoms with Crippen LogP contribution in [0.5, 0.6) is 5.75 Å². The quantitative estimate of drug-likeness (QED) is 0.607. The number of benzene rings is 2. The molecular weight excluding hydrogens is 338 g/mol. The van der Waals surface area contributed by atoms with Crippen LogP contribution in [-0.2, 0) is 4.79 Å². The van der Waals surface area contributed by atoms with Gasteiger partial charge in [-0.1, -0.05) is 62.4 Å². The van der Waals surface area contributed by atoms with E-state index in [-0.39, 0.29) is 18.6 Å². The lowest BCUT2D eigenvalue weighted by Gasteiger charge is -2.19. The Kier molecular flexibility index (Phi) is 6.31. The number of hydrogen-bond acceptors (Lipinski definition) is 3. The highest BCUT2D eigenvalue weighted by Crippen LogP contribution is 2.28. The molecule has 3 aromatic rings. The Morgan fingerprint density at radius 2 is 1.78 bits per heavy atom. The number of nitrogens with one attached hydrogen (secondary N) is 1. The van der Waals surface area contributed by atoms with Crippen LogP contribution in [0.15, 0.2) is 77.4 Å².